The highest BCUT2D eigenvalue weighted by Crippen LogP contribution is 2.36. The van der Waals surface area contributed by atoms with Gasteiger partial charge in [0.15, 0.2) is 0 Å². The van der Waals surface area contributed by atoms with Crippen LogP contribution < -0.4 is 0 Å². The fourth-order valence-corrected chi connectivity index (χ4v) is 3.59. The van der Waals surface area contributed by atoms with Gasteiger partial charge in [-0.3, -0.25) is 0 Å². The van der Waals surface area contributed by atoms with Crippen molar-refractivity contribution in [2.24, 2.45) is 5.41 Å². The summed E-state index contributed by atoms with van der Waals surface area (Å²) in [5, 5.41) is 0. The molecule has 2 rings (SSSR count). The SMILES string of the molecule is ClCC1(Cc2ccc(Cl)s2)CCCOC1. The third-order valence-corrected chi connectivity index (χ3v) is 4.66. The molecule has 1 atom stereocenters. The summed E-state index contributed by atoms with van der Waals surface area (Å²) in [4.78, 5) is 1.31. The first-order valence-electron chi connectivity index (χ1n) is 5.12. The van der Waals surface area contributed by atoms with Crippen LogP contribution in [-0.2, 0) is 11.2 Å². The molecule has 1 fully saturated rings. The molecular formula is C11H14Cl2OS. The second kappa shape index (κ2) is 5.05. The van der Waals surface area contributed by atoms with Crippen LogP contribution in [0, 0.1) is 5.41 Å². The number of ether oxygens (including phenoxy) is 1. The summed E-state index contributed by atoms with van der Waals surface area (Å²) in [6, 6.07) is 4.04. The van der Waals surface area contributed by atoms with Crippen molar-refractivity contribution in [2.75, 3.05) is 19.1 Å². The van der Waals surface area contributed by atoms with E-state index in [0.29, 0.717) is 5.88 Å². The topological polar surface area (TPSA) is 9.23 Å². The Morgan fingerprint density at radius 2 is 2.33 bits per heavy atom. The molecule has 0 aliphatic carbocycles. The Hall–Kier alpha value is 0.240. The highest BCUT2D eigenvalue weighted by molar-refractivity contribution is 7.16. The molecule has 1 saturated heterocycles. The summed E-state index contributed by atoms with van der Waals surface area (Å²) in [7, 11) is 0. The van der Waals surface area contributed by atoms with Crippen molar-refractivity contribution in [3.63, 3.8) is 0 Å². The summed E-state index contributed by atoms with van der Waals surface area (Å²) >= 11 is 13.7. The van der Waals surface area contributed by atoms with Gasteiger partial charge in [-0.1, -0.05) is 11.6 Å². The molecule has 0 amide bonds. The summed E-state index contributed by atoms with van der Waals surface area (Å²) < 4.78 is 6.40. The Bertz CT molecular complexity index is 318. The summed E-state index contributed by atoms with van der Waals surface area (Å²) in [5.41, 5.74) is 0.133. The van der Waals surface area contributed by atoms with Crippen molar-refractivity contribution >= 4 is 34.5 Å². The molecule has 84 valence electrons. The van der Waals surface area contributed by atoms with Gasteiger partial charge < -0.3 is 4.74 Å². The molecule has 0 N–H and O–H groups in total. The van der Waals surface area contributed by atoms with Crippen LogP contribution in [-0.4, -0.2) is 19.1 Å². The zero-order chi connectivity index (χ0) is 10.7. The third kappa shape index (κ3) is 2.88. The van der Waals surface area contributed by atoms with Crippen LogP contribution in [0.25, 0.3) is 0 Å². The minimum atomic E-state index is 0.133. The zero-order valence-corrected chi connectivity index (χ0v) is 10.8. The first-order valence-corrected chi connectivity index (χ1v) is 6.85. The van der Waals surface area contributed by atoms with Crippen molar-refractivity contribution in [1.29, 1.82) is 0 Å². The molecule has 1 nitrogen and oxygen atoms in total. The first kappa shape index (κ1) is 11.7. The highest BCUT2D eigenvalue weighted by Gasteiger charge is 2.32. The van der Waals surface area contributed by atoms with Crippen molar-refractivity contribution in [2.45, 2.75) is 19.3 Å². The van der Waals surface area contributed by atoms with Gasteiger partial charge in [0.25, 0.3) is 0 Å². The molecule has 1 aliphatic heterocycles. The van der Waals surface area contributed by atoms with E-state index in [4.69, 9.17) is 27.9 Å². The minimum absolute atomic E-state index is 0.133. The molecule has 0 spiro atoms. The average molecular weight is 265 g/mol. The summed E-state index contributed by atoms with van der Waals surface area (Å²) in [6.07, 6.45) is 3.27. The predicted octanol–water partition coefficient (Wildman–Crippen LogP) is 3.98. The van der Waals surface area contributed by atoms with Crippen molar-refractivity contribution < 1.29 is 4.74 Å². The van der Waals surface area contributed by atoms with Crippen molar-refractivity contribution in [3.8, 4) is 0 Å². The molecule has 1 aromatic rings. The van der Waals surface area contributed by atoms with Gasteiger partial charge >= 0.3 is 0 Å². The molecule has 0 bridgehead atoms. The van der Waals surface area contributed by atoms with Crippen LogP contribution in [0.5, 0.6) is 0 Å². The van der Waals surface area contributed by atoms with Gasteiger partial charge in [0.05, 0.1) is 10.9 Å². The predicted molar refractivity (Wildman–Crippen MR) is 66.2 cm³/mol. The molecule has 2 heterocycles. The van der Waals surface area contributed by atoms with Crippen molar-refractivity contribution in [1.82, 2.24) is 0 Å². The van der Waals surface area contributed by atoms with E-state index < -0.39 is 0 Å². The molecule has 1 unspecified atom stereocenters. The fraction of sp³-hybridized carbons (Fsp3) is 0.636. The third-order valence-electron chi connectivity index (χ3n) is 2.87. The van der Waals surface area contributed by atoms with E-state index in [2.05, 4.69) is 6.07 Å². The Morgan fingerprint density at radius 3 is 2.87 bits per heavy atom. The number of hydrogen-bond acceptors (Lipinski definition) is 2. The van der Waals surface area contributed by atoms with Crippen LogP contribution in [0.4, 0.5) is 0 Å². The Labute approximate surface area is 104 Å². The highest BCUT2D eigenvalue weighted by atomic mass is 35.5. The maximum absolute atomic E-state index is 6.09. The molecule has 4 heteroatoms. The quantitative estimate of drug-likeness (QED) is 0.751. The van der Waals surface area contributed by atoms with E-state index >= 15 is 0 Å². The monoisotopic (exact) mass is 264 g/mol. The van der Waals surface area contributed by atoms with E-state index in [-0.39, 0.29) is 5.41 Å². The van der Waals surface area contributed by atoms with E-state index in [1.165, 1.54) is 4.88 Å². The first-order chi connectivity index (χ1) is 7.24. The molecular weight excluding hydrogens is 251 g/mol. The Kier molecular flexibility index (Phi) is 3.94. The normalized spacial score (nSPS) is 26.8. The minimum Gasteiger partial charge on any atom is -0.381 e. The van der Waals surface area contributed by atoms with Gasteiger partial charge in [-0.05, 0) is 31.4 Å². The number of hydrogen-bond donors (Lipinski definition) is 0. The standard InChI is InChI=1S/C11H14Cl2OS/c12-7-11(4-1-5-14-8-11)6-9-2-3-10(13)15-9/h2-3H,1,4-8H2. The van der Waals surface area contributed by atoms with Gasteiger partial charge in [-0.2, -0.15) is 0 Å². The van der Waals surface area contributed by atoms with Crippen LogP contribution in [0.1, 0.15) is 17.7 Å². The maximum Gasteiger partial charge on any atom is 0.0931 e. The van der Waals surface area contributed by atoms with E-state index in [0.717, 1.165) is 36.8 Å². The molecule has 1 aliphatic rings. The number of alkyl halides is 1. The molecule has 0 aromatic carbocycles. The van der Waals surface area contributed by atoms with Crippen LogP contribution in [0.15, 0.2) is 12.1 Å². The Morgan fingerprint density at radius 1 is 1.47 bits per heavy atom. The van der Waals surface area contributed by atoms with Gasteiger partial charge in [0.2, 0.25) is 0 Å². The summed E-state index contributed by atoms with van der Waals surface area (Å²) in [5.74, 6) is 0.669. The zero-order valence-electron chi connectivity index (χ0n) is 8.47. The number of halogens is 2. The van der Waals surface area contributed by atoms with Crippen LogP contribution >= 0.6 is 34.5 Å². The lowest BCUT2D eigenvalue weighted by atomic mass is 9.81. The molecule has 15 heavy (non-hydrogen) atoms. The largest absolute Gasteiger partial charge is 0.381 e. The van der Waals surface area contributed by atoms with E-state index in [1.807, 2.05) is 6.07 Å². The smallest absolute Gasteiger partial charge is 0.0931 e. The lowest BCUT2D eigenvalue weighted by molar-refractivity contribution is 0.00517. The van der Waals surface area contributed by atoms with E-state index in [9.17, 15) is 0 Å². The maximum atomic E-state index is 6.09. The second-order valence-corrected chi connectivity index (χ2v) is 6.24. The Balaban J connectivity index is 2.06. The number of rotatable bonds is 3. The lowest BCUT2D eigenvalue weighted by Gasteiger charge is -2.35. The fourth-order valence-electron chi connectivity index (χ4n) is 2.02. The average Bonchev–Trinajstić information content (AvgIpc) is 2.65. The van der Waals surface area contributed by atoms with Crippen LogP contribution in [0.2, 0.25) is 4.34 Å². The van der Waals surface area contributed by atoms with Crippen LogP contribution in [0.3, 0.4) is 0 Å². The van der Waals surface area contributed by atoms with Crippen molar-refractivity contribution in [3.05, 3.63) is 21.3 Å². The van der Waals surface area contributed by atoms with Gasteiger partial charge in [-0.15, -0.1) is 22.9 Å². The van der Waals surface area contributed by atoms with Gasteiger partial charge in [0, 0.05) is 22.8 Å². The number of thiophene rings is 1. The van der Waals surface area contributed by atoms with Gasteiger partial charge in [-0.25, -0.2) is 0 Å². The van der Waals surface area contributed by atoms with E-state index in [1.54, 1.807) is 11.3 Å². The molecule has 0 saturated carbocycles. The summed E-state index contributed by atoms with van der Waals surface area (Å²) in [6.45, 7) is 1.66. The lowest BCUT2D eigenvalue weighted by Crippen LogP contribution is -2.35. The molecule has 0 radical (unpaired) electrons. The second-order valence-electron chi connectivity index (χ2n) is 4.17. The molecule has 1 aromatic heterocycles. The van der Waals surface area contributed by atoms with Gasteiger partial charge in [0.1, 0.15) is 0 Å².